The predicted octanol–water partition coefficient (Wildman–Crippen LogP) is 4.71. The van der Waals surface area contributed by atoms with E-state index in [9.17, 15) is 10.1 Å². The van der Waals surface area contributed by atoms with Gasteiger partial charge in [0.25, 0.3) is 5.91 Å². The average Bonchev–Trinajstić information content (AvgIpc) is 2.93. The van der Waals surface area contributed by atoms with Gasteiger partial charge in [0.2, 0.25) is 0 Å². The Morgan fingerprint density at radius 2 is 1.97 bits per heavy atom. The smallest absolute Gasteiger partial charge is 0.262 e. The van der Waals surface area contributed by atoms with Gasteiger partial charge in [-0.2, -0.15) is 5.26 Å². The quantitative estimate of drug-likeness (QED) is 0.533. The molecule has 1 fully saturated rings. The maximum Gasteiger partial charge on any atom is 0.262 e. The lowest BCUT2D eigenvalue weighted by molar-refractivity contribution is 0.0841. The highest BCUT2D eigenvalue weighted by Gasteiger charge is 2.28. The first-order valence-electron chi connectivity index (χ1n) is 10.3. The first-order chi connectivity index (χ1) is 15.1. The molecule has 3 rings (SSSR count). The summed E-state index contributed by atoms with van der Waals surface area (Å²) < 4.78 is 5.22. The molecule has 1 aromatic carbocycles. The van der Waals surface area contributed by atoms with E-state index in [0.29, 0.717) is 44.8 Å². The molecule has 1 amide bonds. The summed E-state index contributed by atoms with van der Waals surface area (Å²) in [6, 6.07) is 7.40. The molecule has 1 saturated heterocycles. The number of benzene rings is 1. The van der Waals surface area contributed by atoms with Gasteiger partial charge in [0.15, 0.2) is 0 Å². The van der Waals surface area contributed by atoms with Crippen molar-refractivity contribution in [3.63, 3.8) is 0 Å². The Bertz CT molecular complexity index is 950. The van der Waals surface area contributed by atoms with Crippen LogP contribution in [0.1, 0.15) is 40.9 Å². The first-order valence-corrected chi connectivity index (χ1v) is 11.9. The monoisotopic (exact) mass is 481 g/mol. The van der Waals surface area contributed by atoms with E-state index in [1.54, 1.807) is 18.2 Å². The molecule has 0 unspecified atom stereocenters. The molecule has 2 N–H and O–H groups in total. The van der Waals surface area contributed by atoms with Gasteiger partial charge in [0, 0.05) is 40.8 Å². The van der Waals surface area contributed by atoms with Crippen LogP contribution >= 0.6 is 34.5 Å². The molecule has 2 heterocycles. The zero-order valence-corrected chi connectivity index (χ0v) is 19.5. The highest BCUT2D eigenvalue weighted by molar-refractivity contribution is 7.19. The van der Waals surface area contributed by atoms with Crippen molar-refractivity contribution in [1.82, 2.24) is 5.32 Å². The molecule has 0 bridgehead atoms. The van der Waals surface area contributed by atoms with E-state index < -0.39 is 0 Å². The largest absolute Gasteiger partial charge is 0.394 e. The summed E-state index contributed by atoms with van der Waals surface area (Å²) in [6.07, 6.45) is 4.45. The van der Waals surface area contributed by atoms with Crippen molar-refractivity contribution in [2.24, 2.45) is 0 Å². The summed E-state index contributed by atoms with van der Waals surface area (Å²) in [4.78, 5) is 15.7. The standard InChI is InChI=1S/C22H25Cl2N3O3S/c23-15-5-6-16(18(24)13-15)19-17(14-25)22(27-8-3-1-2-4-9-27)31-20(19)21(29)26-7-11-30-12-10-28/h5-6,13,28H,1-4,7-12H2,(H,26,29). The van der Waals surface area contributed by atoms with Crippen molar-refractivity contribution < 1.29 is 14.6 Å². The van der Waals surface area contributed by atoms with Crippen LogP contribution in [0.2, 0.25) is 10.0 Å². The van der Waals surface area contributed by atoms with Gasteiger partial charge in [-0.1, -0.05) is 42.1 Å². The summed E-state index contributed by atoms with van der Waals surface area (Å²) in [5.41, 5.74) is 1.63. The number of nitrogens with one attached hydrogen (secondary N) is 1. The van der Waals surface area contributed by atoms with E-state index in [-0.39, 0.29) is 19.1 Å². The molecule has 31 heavy (non-hydrogen) atoms. The van der Waals surface area contributed by atoms with Gasteiger partial charge < -0.3 is 20.1 Å². The number of amides is 1. The number of carbonyl (C=O) groups is 1. The van der Waals surface area contributed by atoms with Crippen LogP contribution in [0.4, 0.5) is 5.00 Å². The van der Waals surface area contributed by atoms with Gasteiger partial charge in [-0.15, -0.1) is 11.3 Å². The van der Waals surface area contributed by atoms with E-state index >= 15 is 0 Å². The minimum atomic E-state index is -0.281. The molecule has 1 aliphatic rings. The number of thiophene rings is 1. The first kappa shape index (κ1) is 23.8. The van der Waals surface area contributed by atoms with Gasteiger partial charge >= 0.3 is 0 Å². The molecular weight excluding hydrogens is 457 g/mol. The fourth-order valence-electron chi connectivity index (χ4n) is 3.61. The summed E-state index contributed by atoms with van der Waals surface area (Å²) in [5, 5.41) is 23.4. The van der Waals surface area contributed by atoms with Crippen molar-refractivity contribution in [1.29, 1.82) is 5.26 Å². The molecule has 0 radical (unpaired) electrons. The Labute approximate surface area is 196 Å². The van der Waals surface area contributed by atoms with Crippen LogP contribution in [0, 0.1) is 11.3 Å². The zero-order chi connectivity index (χ0) is 22.2. The van der Waals surface area contributed by atoms with Crippen molar-refractivity contribution in [3.05, 3.63) is 38.7 Å². The van der Waals surface area contributed by atoms with Gasteiger partial charge in [-0.25, -0.2) is 0 Å². The number of hydrogen-bond acceptors (Lipinski definition) is 6. The van der Waals surface area contributed by atoms with E-state index in [0.717, 1.165) is 30.9 Å². The maximum atomic E-state index is 13.1. The number of nitriles is 1. The molecule has 9 heteroatoms. The van der Waals surface area contributed by atoms with Crippen LogP contribution in [0.15, 0.2) is 18.2 Å². The van der Waals surface area contributed by atoms with Crippen LogP contribution in [0.5, 0.6) is 0 Å². The van der Waals surface area contributed by atoms with Crippen LogP contribution in [-0.4, -0.2) is 50.5 Å². The van der Waals surface area contributed by atoms with Gasteiger partial charge in [-0.05, 0) is 25.0 Å². The number of halogens is 2. The SMILES string of the molecule is N#Cc1c(N2CCCCCC2)sc(C(=O)NCCOCCO)c1-c1ccc(Cl)cc1Cl. The molecule has 0 spiro atoms. The van der Waals surface area contributed by atoms with E-state index in [2.05, 4.69) is 16.3 Å². The summed E-state index contributed by atoms with van der Waals surface area (Å²) >= 11 is 13.9. The number of nitrogens with zero attached hydrogens (tertiary/aromatic N) is 2. The number of aliphatic hydroxyl groups excluding tert-OH is 1. The highest BCUT2D eigenvalue weighted by Crippen LogP contribution is 2.45. The molecule has 1 aliphatic heterocycles. The fourth-order valence-corrected chi connectivity index (χ4v) is 5.35. The van der Waals surface area contributed by atoms with Crippen LogP contribution < -0.4 is 10.2 Å². The second kappa shape index (κ2) is 11.7. The molecule has 0 aliphatic carbocycles. The van der Waals surface area contributed by atoms with Gasteiger partial charge in [0.05, 0.1) is 25.4 Å². The Balaban J connectivity index is 2.01. The van der Waals surface area contributed by atoms with Crippen LogP contribution in [0.3, 0.4) is 0 Å². The zero-order valence-electron chi connectivity index (χ0n) is 17.1. The molecule has 6 nitrogen and oxygen atoms in total. The van der Waals surface area contributed by atoms with E-state index in [4.69, 9.17) is 33.0 Å². The summed E-state index contributed by atoms with van der Waals surface area (Å²) in [5.74, 6) is -0.281. The Hall–Kier alpha value is -1.82. The maximum absolute atomic E-state index is 13.1. The number of carbonyl (C=O) groups excluding carboxylic acids is 1. The fraction of sp³-hybridized carbons (Fsp3) is 0.455. The predicted molar refractivity (Wildman–Crippen MR) is 125 cm³/mol. The molecular formula is C22H25Cl2N3O3S. The number of ether oxygens (including phenoxy) is 1. The third kappa shape index (κ3) is 5.91. The Morgan fingerprint density at radius 1 is 1.23 bits per heavy atom. The molecule has 0 saturated carbocycles. The topological polar surface area (TPSA) is 85.6 Å². The molecule has 166 valence electrons. The van der Waals surface area contributed by atoms with E-state index in [1.807, 2.05) is 0 Å². The second-order valence-electron chi connectivity index (χ2n) is 7.22. The minimum Gasteiger partial charge on any atom is -0.394 e. The Kier molecular flexibility index (Phi) is 9.00. The van der Waals surface area contributed by atoms with E-state index in [1.165, 1.54) is 24.2 Å². The third-order valence-electron chi connectivity index (χ3n) is 5.07. The van der Waals surface area contributed by atoms with Gasteiger partial charge in [0.1, 0.15) is 15.9 Å². The van der Waals surface area contributed by atoms with Crippen molar-refractivity contribution in [3.8, 4) is 17.2 Å². The van der Waals surface area contributed by atoms with Crippen molar-refractivity contribution in [2.75, 3.05) is 44.4 Å². The number of aliphatic hydroxyl groups is 1. The summed E-state index contributed by atoms with van der Waals surface area (Å²) in [7, 11) is 0. The normalized spacial score (nSPS) is 14.2. The average molecular weight is 482 g/mol. The van der Waals surface area contributed by atoms with Crippen molar-refractivity contribution in [2.45, 2.75) is 25.7 Å². The molecule has 1 aromatic heterocycles. The Morgan fingerprint density at radius 3 is 2.61 bits per heavy atom. The lowest BCUT2D eigenvalue weighted by Crippen LogP contribution is -2.27. The number of hydrogen-bond donors (Lipinski definition) is 2. The minimum absolute atomic E-state index is 0.0667. The number of anilines is 1. The van der Waals surface area contributed by atoms with Crippen LogP contribution in [0.25, 0.3) is 11.1 Å². The van der Waals surface area contributed by atoms with Crippen molar-refractivity contribution >= 4 is 45.4 Å². The molecule has 2 aromatic rings. The highest BCUT2D eigenvalue weighted by atomic mass is 35.5. The third-order valence-corrected chi connectivity index (χ3v) is 6.87. The summed E-state index contributed by atoms with van der Waals surface area (Å²) in [6.45, 7) is 2.46. The van der Waals surface area contributed by atoms with Crippen LogP contribution in [-0.2, 0) is 4.74 Å². The lowest BCUT2D eigenvalue weighted by atomic mass is 10.0. The lowest BCUT2D eigenvalue weighted by Gasteiger charge is -2.21. The van der Waals surface area contributed by atoms with Gasteiger partial charge in [-0.3, -0.25) is 4.79 Å². The molecule has 0 atom stereocenters. The second-order valence-corrected chi connectivity index (χ2v) is 9.06. The number of rotatable bonds is 8.